The Morgan fingerprint density at radius 3 is 2.12 bits per heavy atom. The Morgan fingerprint density at radius 1 is 0.927 bits per heavy atom. The van der Waals surface area contributed by atoms with Crippen LogP contribution in [0.2, 0.25) is 0 Å². The van der Waals surface area contributed by atoms with E-state index in [0.29, 0.717) is 24.5 Å². The number of carbonyl (C=O) groups excluding carboxylic acids is 2. The minimum absolute atomic E-state index is 0.0212. The third-order valence-electron chi connectivity index (χ3n) is 6.34. The lowest BCUT2D eigenvalue weighted by molar-refractivity contribution is -0.140. The van der Waals surface area contributed by atoms with E-state index in [1.807, 2.05) is 51.1 Å². The average Bonchev–Trinajstić information content (AvgIpc) is 2.94. The van der Waals surface area contributed by atoms with E-state index in [2.05, 4.69) is 5.32 Å². The number of carbonyl (C=O) groups is 2. The molecule has 220 valence electrons. The zero-order chi connectivity index (χ0) is 30.0. The van der Waals surface area contributed by atoms with Gasteiger partial charge in [0.15, 0.2) is 0 Å². The van der Waals surface area contributed by atoms with Gasteiger partial charge in [0.25, 0.3) is 0 Å². The summed E-state index contributed by atoms with van der Waals surface area (Å²) in [7, 11) is -3.88. The molecule has 3 aromatic carbocycles. The van der Waals surface area contributed by atoms with Crippen molar-refractivity contribution < 1.29 is 27.1 Å². The zero-order valence-corrected chi connectivity index (χ0v) is 24.7. The smallest absolute Gasteiger partial charge is 0.244 e. The standard InChI is InChI=1S/C31H38FN3O5S/c1-5-40-28-17-15-27(16-18-28)35(41(4,38)39)22-30(36)34(21-25-11-13-26(32)14-12-25)29(31(37)33-20-23(2)3)19-24-9-7-6-8-10-24/h6-18,23,29H,5,19-22H2,1-4H3,(H,33,37)/t29-/m0/s1. The Kier molecular flexibility index (Phi) is 11.3. The molecule has 3 rings (SSSR count). The van der Waals surface area contributed by atoms with Gasteiger partial charge < -0.3 is 15.0 Å². The van der Waals surface area contributed by atoms with Gasteiger partial charge in [-0.1, -0.05) is 56.3 Å². The van der Waals surface area contributed by atoms with Crippen LogP contribution < -0.4 is 14.4 Å². The van der Waals surface area contributed by atoms with Crippen molar-refractivity contribution in [1.29, 1.82) is 0 Å². The maximum atomic E-state index is 14.0. The van der Waals surface area contributed by atoms with E-state index in [9.17, 15) is 22.4 Å². The first-order valence-electron chi connectivity index (χ1n) is 13.5. The predicted octanol–water partition coefficient (Wildman–Crippen LogP) is 4.40. The summed E-state index contributed by atoms with van der Waals surface area (Å²) in [6.07, 6.45) is 1.23. The fourth-order valence-corrected chi connectivity index (χ4v) is 5.10. The van der Waals surface area contributed by atoms with Gasteiger partial charge in [-0.05, 0) is 60.4 Å². The van der Waals surface area contributed by atoms with Crippen LogP contribution in [0.3, 0.4) is 0 Å². The number of benzene rings is 3. The van der Waals surface area contributed by atoms with E-state index in [1.54, 1.807) is 36.4 Å². The molecule has 0 aliphatic rings. The molecule has 0 aliphatic heterocycles. The number of hydrogen-bond donors (Lipinski definition) is 1. The van der Waals surface area contributed by atoms with Gasteiger partial charge in [-0.3, -0.25) is 13.9 Å². The summed E-state index contributed by atoms with van der Waals surface area (Å²) in [6, 6.07) is 20.4. The van der Waals surface area contributed by atoms with Crippen LogP contribution in [0.25, 0.3) is 0 Å². The Bertz CT molecular complexity index is 1380. The lowest BCUT2D eigenvalue weighted by Crippen LogP contribution is -2.53. The van der Waals surface area contributed by atoms with Crippen molar-refractivity contribution >= 4 is 27.5 Å². The van der Waals surface area contributed by atoms with Crippen LogP contribution >= 0.6 is 0 Å². The summed E-state index contributed by atoms with van der Waals surface area (Å²) >= 11 is 0. The van der Waals surface area contributed by atoms with Crippen molar-refractivity contribution in [3.05, 3.63) is 95.8 Å². The first-order chi connectivity index (χ1) is 19.5. The van der Waals surface area contributed by atoms with E-state index in [1.165, 1.54) is 17.0 Å². The molecule has 41 heavy (non-hydrogen) atoms. The van der Waals surface area contributed by atoms with Crippen molar-refractivity contribution in [2.45, 2.75) is 39.8 Å². The van der Waals surface area contributed by atoms with Crippen LogP contribution in [0.1, 0.15) is 31.9 Å². The normalized spacial score (nSPS) is 12.0. The molecule has 0 saturated heterocycles. The van der Waals surface area contributed by atoms with Crippen LogP contribution in [-0.4, -0.2) is 57.1 Å². The van der Waals surface area contributed by atoms with Gasteiger partial charge in [-0.25, -0.2) is 12.8 Å². The fourth-order valence-electron chi connectivity index (χ4n) is 4.25. The summed E-state index contributed by atoms with van der Waals surface area (Å²) in [5, 5.41) is 2.93. The Balaban J connectivity index is 2.02. The molecule has 8 nitrogen and oxygen atoms in total. The monoisotopic (exact) mass is 583 g/mol. The van der Waals surface area contributed by atoms with E-state index in [4.69, 9.17) is 4.74 Å². The average molecular weight is 584 g/mol. The number of anilines is 1. The van der Waals surface area contributed by atoms with E-state index in [0.717, 1.165) is 16.1 Å². The number of rotatable bonds is 14. The third kappa shape index (κ3) is 9.60. The first-order valence-corrected chi connectivity index (χ1v) is 15.4. The van der Waals surface area contributed by atoms with Gasteiger partial charge in [0, 0.05) is 19.5 Å². The molecule has 0 radical (unpaired) electrons. The van der Waals surface area contributed by atoms with Gasteiger partial charge in [-0.2, -0.15) is 0 Å². The first kappa shape index (κ1) is 31.6. The molecule has 0 spiro atoms. The molecule has 0 unspecified atom stereocenters. The number of sulfonamides is 1. The summed E-state index contributed by atoms with van der Waals surface area (Å²) in [5.41, 5.74) is 1.72. The highest BCUT2D eigenvalue weighted by molar-refractivity contribution is 7.92. The SMILES string of the molecule is CCOc1ccc(N(CC(=O)N(Cc2ccc(F)cc2)[C@@H](Cc2ccccc2)C(=O)NCC(C)C)S(C)(=O)=O)cc1. The third-order valence-corrected chi connectivity index (χ3v) is 7.48. The molecule has 0 fully saturated rings. The molecule has 0 aliphatic carbocycles. The van der Waals surface area contributed by atoms with Crippen LogP contribution in [0, 0.1) is 11.7 Å². The number of nitrogens with zero attached hydrogens (tertiary/aromatic N) is 2. The van der Waals surface area contributed by atoms with E-state index in [-0.39, 0.29) is 30.5 Å². The number of halogens is 1. The molecule has 1 atom stereocenters. The van der Waals surface area contributed by atoms with Crippen LogP contribution in [0.5, 0.6) is 5.75 Å². The van der Waals surface area contributed by atoms with Gasteiger partial charge >= 0.3 is 0 Å². The van der Waals surface area contributed by atoms with Crippen molar-refractivity contribution in [3.8, 4) is 5.75 Å². The molecule has 0 aromatic heterocycles. The van der Waals surface area contributed by atoms with Gasteiger partial charge in [-0.15, -0.1) is 0 Å². The predicted molar refractivity (Wildman–Crippen MR) is 159 cm³/mol. The maximum Gasteiger partial charge on any atom is 0.244 e. The second-order valence-electron chi connectivity index (χ2n) is 10.2. The summed E-state index contributed by atoms with van der Waals surface area (Å²) in [5.74, 6) is -0.614. The number of amides is 2. The lowest BCUT2D eigenvalue weighted by atomic mass is 10.0. The summed E-state index contributed by atoms with van der Waals surface area (Å²) in [6.45, 7) is 6.08. The summed E-state index contributed by atoms with van der Waals surface area (Å²) in [4.78, 5) is 29.0. The van der Waals surface area contributed by atoms with Gasteiger partial charge in [0.2, 0.25) is 21.8 Å². The van der Waals surface area contributed by atoms with Crippen molar-refractivity contribution in [2.24, 2.45) is 5.92 Å². The van der Waals surface area contributed by atoms with Crippen molar-refractivity contribution in [2.75, 3.05) is 30.3 Å². The Labute approximate surface area is 242 Å². The largest absolute Gasteiger partial charge is 0.494 e. The second kappa shape index (κ2) is 14.6. The Hall–Kier alpha value is -3.92. The minimum Gasteiger partial charge on any atom is -0.494 e. The molecular formula is C31H38FN3O5S. The Morgan fingerprint density at radius 2 is 1.56 bits per heavy atom. The van der Waals surface area contributed by atoms with E-state index >= 15 is 0 Å². The number of ether oxygens (including phenoxy) is 1. The highest BCUT2D eigenvalue weighted by Gasteiger charge is 2.33. The lowest BCUT2D eigenvalue weighted by Gasteiger charge is -2.33. The van der Waals surface area contributed by atoms with Crippen LogP contribution in [0.4, 0.5) is 10.1 Å². The quantitative estimate of drug-likeness (QED) is 0.304. The minimum atomic E-state index is -3.88. The molecule has 10 heteroatoms. The molecule has 1 N–H and O–H groups in total. The van der Waals surface area contributed by atoms with Gasteiger partial charge in [0.05, 0.1) is 18.6 Å². The highest BCUT2D eigenvalue weighted by Crippen LogP contribution is 2.23. The molecule has 0 heterocycles. The van der Waals surface area contributed by atoms with Gasteiger partial charge in [0.1, 0.15) is 24.2 Å². The highest BCUT2D eigenvalue weighted by atomic mass is 32.2. The number of nitrogens with one attached hydrogen (secondary N) is 1. The molecular weight excluding hydrogens is 545 g/mol. The number of hydrogen-bond acceptors (Lipinski definition) is 5. The topological polar surface area (TPSA) is 96.0 Å². The molecule has 0 bridgehead atoms. The second-order valence-corrected chi connectivity index (χ2v) is 12.1. The fraction of sp³-hybridized carbons (Fsp3) is 0.355. The summed E-state index contributed by atoms with van der Waals surface area (Å²) < 4.78 is 45.9. The van der Waals surface area contributed by atoms with Crippen LogP contribution in [0.15, 0.2) is 78.9 Å². The molecule has 0 saturated carbocycles. The van der Waals surface area contributed by atoms with Crippen molar-refractivity contribution in [3.63, 3.8) is 0 Å². The maximum absolute atomic E-state index is 14.0. The van der Waals surface area contributed by atoms with Crippen LogP contribution in [-0.2, 0) is 32.6 Å². The van der Waals surface area contributed by atoms with E-state index < -0.39 is 34.3 Å². The zero-order valence-electron chi connectivity index (χ0n) is 23.9. The molecule has 3 aromatic rings. The molecule has 2 amide bonds. The van der Waals surface area contributed by atoms with Crippen molar-refractivity contribution in [1.82, 2.24) is 10.2 Å².